The third-order valence-electron chi connectivity index (χ3n) is 17.8. The molecule has 2 saturated heterocycles. The minimum absolute atomic E-state index is 0.0319. The van der Waals surface area contributed by atoms with E-state index >= 15 is 0 Å². The summed E-state index contributed by atoms with van der Waals surface area (Å²) >= 11 is 6.50. The van der Waals surface area contributed by atoms with Crippen molar-refractivity contribution < 1.29 is 33.4 Å². The number of halogens is 1. The Bertz CT molecular complexity index is 4050. The van der Waals surface area contributed by atoms with Crippen molar-refractivity contribution in [3.8, 4) is 45.5 Å². The van der Waals surface area contributed by atoms with Gasteiger partial charge in [0.1, 0.15) is 23.0 Å². The third kappa shape index (κ3) is 12.8. The number of fused-ring (bicyclic) bond motifs is 6. The number of phenolic OH excluding ortho intramolecular Hbond substituents is 1. The van der Waals surface area contributed by atoms with Crippen molar-refractivity contribution in [3.63, 3.8) is 0 Å². The number of hydrogen-bond acceptors (Lipinski definition) is 9. The molecule has 6 heterocycles. The van der Waals surface area contributed by atoms with E-state index in [1.54, 1.807) is 36.9 Å². The van der Waals surface area contributed by atoms with Gasteiger partial charge in [-0.2, -0.15) is 0 Å². The van der Waals surface area contributed by atoms with Crippen molar-refractivity contribution in [1.82, 2.24) is 9.13 Å². The summed E-state index contributed by atoms with van der Waals surface area (Å²) in [5, 5.41) is 24.5. The number of methoxy groups -OCH3 is 2. The average molecular weight is 1290 g/mol. The van der Waals surface area contributed by atoms with Crippen LogP contribution in [-0.4, -0.2) is 59.7 Å². The van der Waals surface area contributed by atoms with E-state index in [0.717, 1.165) is 102 Å². The van der Waals surface area contributed by atoms with Crippen LogP contribution >= 0.6 is 38.6 Å². The Hall–Kier alpha value is -6.06. The number of rotatable bonds is 8. The lowest BCUT2D eigenvalue weighted by molar-refractivity contribution is -0.105. The van der Waals surface area contributed by atoms with E-state index in [4.69, 9.17) is 28.3 Å². The standard InChI is InChI=1S/C38H50BNO4.C32H35NO2S.C5H5BrOS/c1-24-20-29(39-43-37(8,9)38(10,11)44-39)34(42-33-14-12-13-19-41-33)32(21-24)40-30-17-15-25(35(2,3)4)22-27(30)28-23-26(36(5,6)7)16-18-31(28)40;1-19-13-24(25-17-36-18-29(25)35-8)30(34)28(14-19)33-26-11-9-20(31(2,3)4)15-22(26)23-16-21(32(5,6)7)10-12-27(23)33;1-7-5-3-8-2-4(5)6/h15-18,20-23,33H,12-14,19H2,1-11H3;9-18,34H,1-8H3;2-3H,1H3. The zero-order valence-corrected chi connectivity index (χ0v) is 58.7. The van der Waals surface area contributed by atoms with Crippen LogP contribution in [0.1, 0.15) is 163 Å². The lowest BCUT2D eigenvalue weighted by atomic mass is 9.77. The maximum absolute atomic E-state index is 11.7. The second kappa shape index (κ2) is 24.3. The van der Waals surface area contributed by atoms with E-state index in [1.807, 2.05) is 27.6 Å². The second-order valence-electron chi connectivity index (χ2n) is 29.1. The average Bonchev–Trinajstić information content (AvgIpc) is 1.77. The molecule has 6 aromatic carbocycles. The fourth-order valence-electron chi connectivity index (χ4n) is 11.8. The molecule has 9 nitrogen and oxygen atoms in total. The smallest absolute Gasteiger partial charge is 0.498 e. The Kier molecular flexibility index (Phi) is 17.9. The molecule has 0 amide bonds. The van der Waals surface area contributed by atoms with Gasteiger partial charge in [-0.15, -0.1) is 22.7 Å². The van der Waals surface area contributed by atoms with Crippen molar-refractivity contribution in [1.29, 1.82) is 0 Å². The SMILES string of the molecule is COc1cscc1-c1cc(C)cc(-n2c3ccc(C(C)(C)C)cc3c3cc(C(C)(C)C)ccc32)c1O.COc1cscc1Br.Cc1cc(B2OC(C)(C)C(C)(C)O2)c(OC2CCCCO2)c(-n2c3ccc(C(C)(C)C)cc3c3cc(C(C)(C)C)ccc32)c1. The van der Waals surface area contributed by atoms with Gasteiger partial charge in [0, 0.05) is 66.1 Å². The fraction of sp³-hybridized carbons (Fsp3) is 0.413. The molecular formula is C75H90BBrN2O7S2. The fourth-order valence-corrected chi connectivity index (χ4v) is 14.0. The summed E-state index contributed by atoms with van der Waals surface area (Å²) in [4.78, 5) is 0. The Balaban J connectivity index is 0.000000175. The van der Waals surface area contributed by atoms with Crippen LogP contribution in [-0.2, 0) is 35.7 Å². The molecule has 2 aliphatic rings. The molecule has 0 bridgehead atoms. The highest BCUT2D eigenvalue weighted by Crippen LogP contribution is 2.47. The number of aryl methyl sites for hydroxylation is 2. The summed E-state index contributed by atoms with van der Waals surface area (Å²) in [6.07, 6.45) is 2.68. The predicted molar refractivity (Wildman–Crippen MR) is 376 cm³/mol. The van der Waals surface area contributed by atoms with Gasteiger partial charge >= 0.3 is 7.12 Å². The van der Waals surface area contributed by atoms with Crippen LogP contribution in [0.3, 0.4) is 0 Å². The van der Waals surface area contributed by atoms with Crippen molar-refractivity contribution in [2.45, 2.75) is 183 Å². The number of aromatic hydroxyl groups is 1. The Morgan fingerprint density at radius 3 is 1.35 bits per heavy atom. The highest BCUT2D eigenvalue weighted by molar-refractivity contribution is 9.10. The molecule has 0 spiro atoms. The molecule has 1 unspecified atom stereocenters. The number of benzene rings is 6. The van der Waals surface area contributed by atoms with Crippen molar-refractivity contribution in [2.75, 3.05) is 20.8 Å². The van der Waals surface area contributed by atoms with Gasteiger partial charge in [-0.1, -0.05) is 113 Å². The van der Waals surface area contributed by atoms with E-state index in [-0.39, 0.29) is 33.7 Å². The number of ether oxygens (including phenoxy) is 4. The van der Waals surface area contributed by atoms with Crippen molar-refractivity contribution >= 4 is 94.8 Å². The molecule has 4 aromatic heterocycles. The van der Waals surface area contributed by atoms with Crippen LogP contribution in [0.15, 0.2) is 123 Å². The molecule has 464 valence electrons. The van der Waals surface area contributed by atoms with Crippen LogP contribution in [0.4, 0.5) is 0 Å². The van der Waals surface area contributed by atoms with E-state index in [1.165, 1.54) is 43.8 Å². The topological polar surface area (TPSA) is 85.5 Å². The van der Waals surface area contributed by atoms with Crippen LogP contribution in [0, 0.1) is 13.8 Å². The van der Waals surface area contributed by atoms with E-state index < -0.39 is 18.3 Å². The lowest BCUT2D eigenvalue weighted by Gasteiger charge is -2.32. The first-order valence-corrected chi connectivity index (χ1v) is 33.6. The van der Waals surface area contributed by atoms with Gasteiger partial charge in [-0.3, -0.25) is 0 Å². The summed E-state index contributed by atoms with van der Waals surface area (Å²) in [7, 11) is 2.77. The molecule has 0 saturated carbocycles. The number of nitrogens with zero attached hydrogens (tertiary/aromatic N) is 2. The number of thiophene rings is 2. The molecule has 2 aliphatic heterocycles. The third-order valence-corrected chi connectivity index (χ3v) is 20.2. The van der Waals surface area contributed by atoms with Crippen molar-refractivity contribution in [2.24, 2.45) is 0 Å². The normalized spacial score (nSPS) is 16.2. The molecule has 12 rings (SSSR count). The molecular weight excluding hydrogens is 1200 g/mol. The van der Waals surface area contributed by atoms with E-state index in [0.29, 0.717) is 6.61 Å². The van der Waals surface area contributed by atoms with Crippen LogP contribution in [0.25, 0.3) is 66.1 Å². The molecule has 1 atom stereocenters. The monoisotopic (exact) mass is 1280 g/mol. The van der Waals surface area contributed by atoms with Crippen LogP contribution in [0.5, 0.6) is 23.0 Å². The molecule has 10 aromatic rings. The number of aromatic nitrogens is 2. The summed E-state index contributed by atoms with van der Waals surface area (Å²) in [5.74, 6) is 2.71. The largest absolute Gasteiger partial charge is 0.505 e. The maximum atomic E-state index is 11.7. The van der Waals surface area contributed by atoms with Gasteiger partial charge < -0.3 is 42.5 Å². The zero-order valence-electron chi connectivity index (χ0n) is 55.5. The minimum atomic E-state index is -0.565. The lowest BCUT2D eigenvalue weighted by Crippen LogP contribution is -2.41. The van der Waals surface area contributed by atoms with Crippen molar-refractivity contribution in [3.05, 3.63) is 156 Å². The van der Waals surface area contributed by atoms with Crippen LogP contribution in [0.2, 0.25) is 0 Å². The maximum Gasteiger partial charge on any atom is 0.498 e. The summed E-state index contributed by atoms with van der Waals surface area (Å²) < 4.78 is 42.5. The second-order valence-corrected chi connectivity index (χ2v) is 31.5. The predicted octanol–water partition coefficient (Wildman–Crippen LogP) is 20.5. The van der Waals surface area contributed by atoms with Gasteiger partial charge in [0.25, 0.3) is 0 Å². The van der Waals surface area contributed by atoms with Gasteiger partial charge in [0.05, 0.1) is 69.9 Å². The molecule has 88 heavy (non-hydrogen) atoms. The summed E-state index contributed by atoms with van der Waals surface area (Å²) in [6.45, 7) is 40.5. The molecule has 2 fully saturated rings. The van der Waals surface area contributed by atoms with Gasteiger partial charge in [0.15, 0.2) is 6.29 Å². The number of hydrogen-bond donors (Lipinski definition) is 1. The Morgan fingerprint density at radius 1 is 0.534 bits per heavy atom. The Morgan fingerprint density at radius 2 is 0.955 bits per heavy atom. The molecule has 0 radical (unpaired) electrons. The van der Waals surface area contributed by atoms with Gasteiger partial charge in [-0.25, -0.2) is 0 Å². The summed E-state index contributed by atoms with van der Waals surface area (Å²) in [5.41, 5.74) is 15.5. The molecule has 0 aliphatic carbocycles. The molecule has 13 heteroatoms. The van der Waals surface area contributed by atoms with E-state index in [2.05, 4.69) is 241 Å². The number of phenols is 1. The quantitative estimate of drug-likeness (QED) is 0.152. The first kappa shape index (κ1) is 64.9. The zero-order chi connectivity index (χ0) is 63.8. The summed E-state index contributed by atoms with van der Waals surface area (Å²) in [6, 6.07) is 35.9. The van der Waals surface area contributed by atoms with Crippen LogP contribution < -0.4 is 19.7 Å². The minimum Gasteiger partial charge on any atom is -0.505 e. The first-order valence-electron chi connectivity index (χ1n) is 30.9. The van der Waals surface area contributed by atoms with E-state index in [9.17, 15) is 5.11 Å². The van der Waals surface area contributed by atoms with Gasteiger partial charge in [-0.05, 0) is 192 Å². The highest BCUT2D eigenvalue weighted by atomic mass is 79.9. The first-order chi connectivity index (χ1) is 41.2. The van der Waals surface area contributed by atoms with Gasteiger partial charge in [0.2, 0.25) is 0 Å². The Labute approximate surface area is 539 Å². The highest BCUT2D eigenvalue weighted by Gasteiger charge is 2.53. The molecule has 1 N–H and O–H groups in total.